The number of anilines is 1. The molecule has 0 atom stereocenters. The van der Waals surface area contributed by atoms with Gasteiger partial charge in [-0.1, -0.05) is 29.3 Å². The number of aromatic nitrogens is 2. The van der Waals surface area contributed by atoms with E-state index < -0.39 is 0 Å². The average molecular weight is 447 g/mol. The van der Waals surface area contributed by atoms with Crippen molar-refractivity contribution in [3.8, 4) is 17.0 Å². The maximum Gasteiger partial charge on any atom is 0.355 e. The van der Waals surface area contributed by atoms with E-state index in [9.17, 15) is 4.79 Å². The molecule has 3 aromatic rings. The Morgan fingerprint density at radius 1 is 1.10 bits per heavy atom. The summed E-state index contributed by atoms with van der Waals surface area (Å²) < 4.78 is 7.72. The monoisotopic (exact) mass is 446 g/mol. The highest BCUT2D eigenvalue weighted by molar-refractivity contribution is 6.32. The first-order valence-electron chi connectivity index (χ1n) is 9.14. The van der Waals surface area contributed by atoms with Gasteiger partial charge in [0.15, 0.2) is 0 Å². The standard InChI is InChI=1S/C20H20Cl2N6O2/c1-12-10-26(2)23-19(12)13-7-8-18(16(22)9-13)30-11-14-15(21)5-4-6-17(14)28-20(29)27(3)24-25-28/h4-10,24-25H,11H2,1-3H3. The Labute approximate surface area is 183 Å². The van der Waals surface area contributed by atoms with Gasteiger partial charge in [0.2, 0.25) is 0 Å². The van der Waals surface area contributed by atoms with Gasteiger partial charge in [-0.05, 0) is 42.8 Å². The van der Waals surface area contributed by atoms with Crippen LogP contribution >= 0.6 is 23.2 Å². The van der Waals surface area contributed by atoms with Gasteiger partial charge in [-0.25, -0.2) is 14.8 Å². The molecule has 4 rings (SSSR count). The fourth-order valence-corrected chi connectivity index (χ4v) is 3.70. The lowest BCUT2D eigenvalue weighted by molar-refractivity contribution is 0.214. The average Bonchev–Trinajstić information content (AvgIpc) is 3.22. The molecular formula is C20H20Cl2N6O2. The topological polar surface area (TPSA) is 74.7 Å². The van der Waals surface area contributed by atoms with Crippen LogP contribution in [0.3, 0.4) is 0 Å². The highest BCUT2D eigenvalue weighted by Crippen LogP contribution is 2.34. The number of hydrazine groups is 3. The van der Waals surface area contributed by atoms with Gasteiger partial charge in [-0.15, -0.1) is 11.1 Å². The third kappa shape index (κ3) is 3.82. The van der Waals surface area contributed by atoms with E-state index in [4.69, 9.17) is 27.9 Å². The fourth-order valence-electron chi connectivity index (χ4n) is 3.24. The van der Waals surface area contributed by atoms with Gasteiger partial charge < -0.3 is 4.74 Å². The Morgan fingerprint density at radius 2 is 1.90 bits per heavy atom. The summed E-state index contributed by atoms with van der Waals surface area (Å²) in [5.41, 5.74) is 9.59. The molecule has 0 spiro atoms. The molecular weight excluding hydrogens is 427 g/mol. The van der Waals surface area contributed by atoms with Gasteiger partial charge >= 0.3 is 6.03 Å². The van der Waals surface area contributed by atoms with Crippen molar-refractivity contribution < 1.29 is 9.53 Å². The van der Waals surface area contributed by atoms with Crippen LogP contribution in [-0.4, -0.2) is 27.9 Å². The van der Waals surface area contributed by atoms with Crippen LogP contribution in [0.5, 0.6) is 5.75 Å². The molecule has 1 aliphatic rings. The van der Waals surface area contributed by atoms with E-state index in [1.807, 2.05) is 32.3 Å². The third-order valence-corrected chi connectivity index (χ3v) is 5.38. The molecule has 0 aliphatic carbocycles. The van der Waals surface area contributed by atoms with E-state index >= 15 is 0 Å². The van der Waals surface area contributed by atoms with Crippen molar-refractivity contribution in [1.82, 2.24) is 25.9 Å². The normalized spacial score (nSPS) is 14.0. The van der Waals surface area contributed by atoms with Crippen molar-refractivity contribution in [2.24, 2.45) is 7.05 Å². The lowest BCUT2D eigenvalue weighted by Crippen LogP contribution is -2.38. The van der Waals surface area contributed by atoms with E-state index in [1.165, 1.54) is 10.0 Å². The first-order valence-corrected chi connectivity index (χ1v) is 9.90. The van der Waals surface area contributed by atoms with E-state index in [0.29, 0.717) is 27.0 Å². The largest absolute Gasteiger partial charge is 0.487 e. The van der Waals surface area contributed by atoms with Crippen LogP contribution in [-0.2, 0) is 13.7 Å². The smallest absolute Gasteiger partial charge is 0.355 e. The molecule has 156 valence electrons. The van der Waals surface area contributed by atoms with Crippen LogP contribution in [0.25, 0.3) is 11.3 Å². The molecule has 1 fully saturated rings. The molecule has 2 heterocycles. The van der Waals surface area contributed by atoms with Gasteiger partial charge in [0, 0.05) is 36.4 Å². The molecule has 1 saturated heterocycles. The zero-order valence-corrected chi connectivity index (χ0v) is 18.1. The van der Waals surface area contributed by atoms with Gasteiger partial charge in [0.05, 0.1) is 16.4 Å². The Kier molecular flexibility index (Phi) is 5.57. The summed E-state index contributed by atoms with van der Waals surface area (Å²) in [4.78, 5) is 12.3. The second-order valence-electron chi connectivity index (χ2n) is 6.91. The molecule has 2 aromatic carbocycles. The Morgan fingerprint density at radius 3 is 2.53 bits per heavy atom. The maximum atomic E-state index is 12.3. The number of halogens is 2. The zero-order valence-electron chi connectivity index (χ0n) is 16.6. The first kappa shape index (κ1) is 20.5. The first-order chi connectivity index (χ1) is 14.3. The van der Waals surface area contributed by atoms with Gasteiger partial charge in [0.1, 0.15) is 12.4 Å². The number of hydrogen-bond acceptors (Lipinski definition) is 5. The maximum absolute atomic E-state index is 12.3. The van der Waals surface area contributed by atoms with E-state index in [1.54, 1.807) is 36.0 Å². The predicted octanol–water partition coefficient (Wildman–Crippen LogP) is 4.08. The lowest BCUT2D eigenvalue weighted by atomic mass is 10.1. The van der Waals surface area contributed by atoms with E-state index in [-0.39, 0.29) is 12.6 Å². The second-order valence-corrected chi connectivity index (χ2v) is 7.72. The number of urea groups is 1. The number of hydrogen-bond donors (Lipinski definition) is 2. The molecule has 8 nitrogen and oxygen atoms in total. The predicted molar refractivity (Wildman–Crippen MR) is 116 cm³/mol. The van der Waals surface area contributed by atoms with E-state index in [2.05, 4.69) is 16.2 Å². The molecule has 2 amide bonds. The quantitative estimate of drug-likeness (QED) is 0.617. The van der Waals surface area contributed by atoms with Gasteiger partial charge in [-0.2, -0.15) is 5.10 Å². The fraction of sp³-hybridized carbons (Fsp3) is 0.200. The van der Waals surface area contributed by atoms with Crippen LogP contribution in [0.15, 0.2) is 42.6 Å². The minimum atomic E-state index is -0.272. The minimum absolute atomic E-state index is 0.131. The highest BCUT2D eigenvalue weighted by atomic mass is 35.5. The van der Waals surface area contributed by atoms with Gasteiger partial charge in [-0.3, -0.25) is 4.68 Å². The Hall–Kier alpha value is -2.78. The lowest BCUT2D eigenvalue weighted by Gasteiger charge is -2.19. The van der Waals surface area contributed by atoms with Crippen molar-refractivity contribution in [2.45, 2.75) is 13.5 Å². The van der Waals surface area contributed by atoms with Crippen LogP contribution in [0, 0.1) is 6.92 Å². The van der Waals surface area contributed by atoms with Crippen LogP contribution in [0.4, 0.5) is 10.5 Å². The number of nitrogens with zero attached hydrogens (tertiary/aromatic N) is 4. The second kappa shape index (κ2) is 8.16. The summed E-state index contributed by atoms with van der Waals surface area (Å²) in [6, 6.07) is 10.6. The number of ether oxygens (including phenoxy) is 1. The number of carbonyl (C=O) groups excluding carboxylic acids is 1. The van der Waals surface area contributed by atoms with Gasteiger partial charge in [0.25, 0.3) is 0 Å². The number of amides is 2. The van der Waals surface area contributed by atoms with Crippen LogP contribution in [0.1, 0.15) is 11.1 Å². The SMILES string of the molecule is Cc1cn(C)nc1-c1ccc(OCc2c(Cl)cccc2N2NNN(C)C2=O)c(Cl)c1. The molecule has 0 unspecified atom stereocenters. The van der Waals surface area contributed by atoms with Crippen LogP contribution < -0.4 is 20.8 Å². The van der Waals surface area contributed by atoms with Crippen LogP contribution in [0.2, 0.25) is 10.0 Å². The molecule has 1 aliphatic heterocycles. The third-order valence-electron chi connectivity index (χ3n) is 4.73. The Bertz CT molecular complexity index is 1120. The van der Waals surface area contributed by atoms with E-state index in [0.717, 1.165) is 16.8 Å². The molecule has 0 saturated carbocycles. The summed E-state index contributed by atoms with van der Waals surface area (Å²) in [5, 5.41) is 8.09. The van der Waals surface area contributed by atoms with Crippen molar-refractivity contribution in [3.05, 3.63) is 63.8 Å². The van der Waals surface area contributed by atoms with Crippen molar-refractivity contribution >= 4 is 34.9 Å². The van der Waals surface area contributed by atoms with Crippen molar-refractivity contribution in [3.63, 3.8) is 0 Å². The summed E-state index contributed by atoms with van der Waals surface area (Å²) in [7, 11) is 3.49. The summed E-state index contributed by atoms with van der Waals surface area (Å²) in [6.45, 7) is 2.13. The zero-order chi connectivity index (χ0) is 21.4. The van der Waals surface area contributed by atoms with Crippen molar-refractivity contribution in [2.75, 3.05) is 12.1 Å². The molecule has 1 aromatic heterocycles. The van der Waals surface area contributed by atoms with Crippen molar-refractivity contribution in [1.29, 1.82) is 0 Å². The summed E-state index contributed by atoms with van der Waals surface area (Å²) >= 11 is 12.9. The minimum Gasteiger partial charge on any atom is -0.487 e. The number of benzene rings is 2. The number of aryl methyl sites for hydroxylation is 2. The number of carbonyl (C=O) groups is 1. The molecule has 2 N–H and O–H groups in total. The Balaban J connectivity index is 1.57. The summed E-state index contributed by atoms with van der Waals surface area (Å²) in [6.07, 6.45) is 1.95. The molecule has 30 heavy (non-hydrogen) atoms. The molecule has 10 heteroatoms. The number of nitrogens with one attached hydrogen (secondary N) is 2. The number of rotatable bonds is 5. The highest BCUT2D eigenvalue weighted by Gasteiger charge is 2.29. The molecule has 0 bridgehead atoms. The summed E-state index contributed by atoms with van der Waals surface area (Å²) in [5.74, 6) is 0.510. The molecule has 0 radical (unpaired) electrons.